The molecule has 2 rings (SSSR count). The standard InChI is InChI=1S/C13H22N4/c1-12-9-16-13(11-15-12)10-14-5-4-8-17-6-2-3-7-17/h9,11,14H,2-8,10H2,1H3. The van der Waals surface area contributed by atoms with Crippen LogP contribution in [-0.4, -0.2) is 41.0 Å². The Morgan fingerprint density at radius 1 is 1.24 bits per heavy atom. The zero-order chi connectivity index (χ0) is 11.9. The number of hydrogen-bond donors (Lipinski definition) is 1. The third kappa shape index (κ3) is 4.40. The summed E-state index contributed by atoms with van der Waals surface area (Å²) in [5.41, 5.74) is 2.00. The quantitative estimate of drug-likeness (QED) is 0.755. The third-order valence-corrected chi connectivity index (χ3v) is 3.17. The highest BCUT2D eigenvalue weighted by molar-refractivity contribution is 4.99. The van der Waals surface area contributed by atoms with E-state index in [0.29, 0.717) is 0 Å². The van der Waals surface area contributed by atoms with E-state index in [0.717, 1.165) is 24.5 Å². The maximum absolute atomic E-state index is 4.32. The molecule has 0 bridgehead atoms. The Bertz CT molecular complexity index is 317. The molecule has 17 heavy (non-hydrogen) atoms. The normalized spacial score (nSPS) is 16.5. The van der Waals surface area contributed by atoms with Gasteiger partial charge in [-0.2, -0.15) is 0 Å². The summed E-state index contributed by atoms with van der Waals surface area (Å²) < 4.78 is 0. The number of rotatable bonds is 6. The van der Waals surface area contributed by atoms with Crippen LogP contribution in [0.1, 0.15) is 30.7 Å². The summed E-state index contributed by atoms with van der Waals surface area (Å²) in [5, 5.41) is 3.42. The van der Waals surface area contributed by atoms with Gasteiger partial charge in [-0.15, -0.1) is 0 Å². The van der Waals surface area contributed by atoms with Gasteiger partial charge in [0.05, 0.1) is 11.4 Å². The lowest BCUT2D eigenvalue weighted by molar-refractivity contribution is 0.331. The first-order chi connectivity index (χ1) is 8.34. The summed E-state index contributed by atoms with van der Waals surface area (Å²) in [6.45, 7) is 7.67. The molecule has 1 aromatic heterocycles. The highest BCUT2D eigenvalue weighted by Gasteiger charge is 2.09. The molecule has 0 unspecified atom stereocenters. The molecular weight excluding hydrogens is 212 g/mol. The van der Waals surface area contributed by atoms with Crippen LogP contribution in [0.3, 0.4) is 0 Å². The van der Waals surface area contributed by atoms with Gasteiger partial charge in [0.15, 0.2) is 0 Å². The molecule has 4 nitrogen and oxygen atoms in total. The monoisotopic (exact) mass is 234 g/mol. The third-order valence-electron chi connectivity index (χ3n) is 3.17. The van der Waals surface area contributed by atoms with Crippen LogP contribution in [0.2, 0.25) is 0 Å². The lowest BCUT2D eigenvalue weighted by Crippen LogP contribution is -2.24. The molecule has 0 aromatic carbocycles. The van der Waals surface area contributed by atoms with Gasteiger partial charge >= 0.3 is 0 Å². The first-order valence-electron chi connectivity index (χ1n) is 6.55. The average Bonchev–Trinajstić information content (AvgIpc) is 2.84. The van der Waals surface area contributed by atoms with Gasteiger partial charge in [0.2, 0.25) is 0 Å². The van der Waals surface area contributed by atoms with Gasteiger partial charge in [-0.1, -0.05) is 0 Å². The van der Waals surface area contributed by atoms with Crippen molar-refractivity contribution in [2.24, 2.45) is 0 Å². The first kappa shape index (κ1) is 12.5. The number of aromatic nitrogens is 2. The predicted molar refractivity (Wildman–Crippen MR) is 68.8 cm³/mol. The molecule has 1 saturated heterocycles. The topological polar surface area (TPSA) is 41.1 Å². The molecule has 1 aromatic rings. The van der Waals surface area contributed by atoms with Crippen LogP contribution < -0.4 is 5.32 Å². The molecule has 4 heteroatoms. The first-order valence-corrected chi connectivity index (χ1v) is 6.55. The molecule has 2 heterocycles. The summed E-state index contributed by atoms with van der Waals surface area (Å²) in [5.74, 6) is 0. The second-order valence-electron chi connectivity index (χ2n) is 4.73. The molecule has 1 aliphatic heterocycles. The lowest BCUT2D eigenvalue weighted by Gasteiger charge is -2.14. The van der Waals surface area contributed by atoms with Crippen molar-refractivity contribution < 1.29 is 0 Å². The lowest BCUT2D eigenvalue weighted by atomic mass is 10.3. The second kappa shape index (κ2) is 6.67. The van der Waals surface area contributed by atoms with Gasteiger partial charge in [-0.3, -0.25) is 9.97 Å². The molecule has 0 radical (unpaired) electrons. The van der Waals surface area contributed by atoms with Crippen molar-refractivity contribution in [3.8, 4) is 0 Å². The molecule has 1 aliphatic rings. The minimum Gasteiger partial charge on any atom is -0.311 e. The van der Waals surface area contributed by atoms with E-state index in [2.05, 4.69) is 20.2 Å². The van der Waals surface area contributed by atoms with Crippen LogP contribution in [0.5, 0.6) is 0 Å². The maximum Gasteiger partial charge on any atom is 0.0724 e. The number of likely N-dealkylation sites (tertiary alicyclic amines) is 1. The summed E-state index contributed by atoms with van der Waals surface area (Å²) in [7, 11) is 0. The fraction of sp³-hybridized carbons (Fsp3) is 0.692. The van der Waals surface area contributed by atoms with E-state index in [1.54, 1.807) is 0 Å². The van der Waals surface area contributed by atoms with Crippen LogP contribution in [-0.2, 0) is 6.54 Å². The molecule has 1 fully saturated rings. The van der Waals surface area contributed by atoms with Gasteiger partial charge < -0.3 is 10.2 Å². The summed E-state index contributed by atoms with van der Waals surface area (Å²) in [4.78, 5) is 11.1. The van der Waals surface area contributed by atoms with Crippen LogP contribution in [0, 0.1) is 6.92 Å². The van der Waals surface area contributed by atoms with E-state index in [1.165, 1.54) is 38.9 Å². The smallest absolute Gasteiger partial charge is 0.0724 e. The van der Waals surface area contributed by atoms with E-state index in [1.807, 2.05) is 19.3 Å². The summed E-state index contributed by atoms with van der Waals surface area (Å²) in [6, 6.07) is 0. The number of aryl methyl sites for hydroxylation is 1. The van der Waals surface area contributed by atoms with Crippen molar-refractivity contribution in [2.75, 3.05) is 26.2 Å². The summed E-state index contributed by atoms with van der Waals surface area (Å²) >= 11 is 0. The van der Waals surface area contributed by atoms with E-state index in [9.17, 15) is 0 Å². The van der Waals surface area contributed by atoms with Crippen molar-refractivity contribution >= 4 is 0 Å². The van der Waals surface area contributed by atoms with E-state index in [-0.39, 0.29) is 0 Å². The van der Waals surface area contributed by atoms with Crippen LogP contribution in [0.4, 0.5) is 0 Å². The fourth-order valence-corrected chi connectivity index (χ4v) is 2.16. The highest BCUT2D eigenvalue weighted by atomic mass is 15.1. The van der Waals surface area contributed by atoms with Gasteiger partial charge in [-0.05, 0) is 52.4 Å². The molecule has 94 valence electrons. The SMILES string of the molecule is Cc1cnc(CNCCCN2CCCC2)cn1. The van der Waals surface area contributed by atoms with Gasteiger partial charge in [0.1, 0.15) is 0 Å². The molecule has 0 aliphatic carbocycles. The van der Waals surface area contributed by atoms with Crippen LogP contribution in [0.25, 0.3) is 0 Å². The van der Waals surface area contributed by atoms with Gasteiger partial charge in [0, 0.05) is 18.9 Å². The second-order valence-corrected chi connectivity index (χ2v) is 4.73. The van der Waals surface area contributed by atoms with Crippen molar-refractivity contribution in [1.29, 1.82) is 0 Å². The number of hydrogen-bond acceptors (Lipinski definition) is 4. The Kier molecular flexibility index (Phi) is 4.88. The molecular formula is C13H22N4. The van der Waals surface area contributed by atoms with Crippen LogP contribution >= 0.6 is 0 Å². The highest BCUT2D eigenvalue weighted by Crippen LogP contribution is 2.06. The molecule has 0 amide bonds. The largest absolute Gasteiger partial charge is 0.311 e. The van der Waals surface area contributed by atoms with Crippen LogP contribution in [0.15, 0.2) is 12.4 Å². The van der Waals surface area contributed by atoms with E-state index in [4.69, 9.17) is 0 Å². The predicted octanol–water partition coefficient (Wildman–Crippen LogP) is 1.36. The van der Waals surface area contributed by atoms with Crippen molar-refractivity contribution in [3.05, 3.63) is 23.8 Å². The fourth-order valence-electron chi connectivity index (χ4n) is 2.16. The van der Waals surface area contributed by atoms with E-state index >= 15 is 0 Å². The van der Waals surface area contributed by atoms with E-state index < -0.39 is 0 Å². The zero-order valence-corrected chi connectivity index (χ0v) is 10.7. The number of nitrogens with one attached hydrogen (secondary N) is 1. The Morgan fingerprint density at radius 2 is 2.06 bits per heavy atom. The summed E-state index contributed by atoms with van der Waals surface area (Å²) in [6.07, 6.45) is 7.65. The molecule has 1 N–H and O–H groups in total. The molecule has 0 spiro atoms. The van der Waals surface area contributed by atoms with Crippen molar-refractivity contribution in [2.45, 2.75) is 32.7 Å². The maximum atomic E-state index is 4.32. The Morgan fingerprint density at radius 3 is 2.76 bits per heavy atom. The Labute approximate surface area is 103 Å². The minimum atomic E-state index is 0.827. The number of nitrogens with zero attached hydrogens (tertiary/aromatic N) is 3. The van der Waals surface area contributed by atoms with Crippen molar-refractivity contribution in [1.82, 2.24) is 20.2 Å². The molecule has 0 saturated carbocycles. The Hall–Kier alpha value is -1.00. The Balaban J connectivity index is 1.55. The minimum absolute atomic E-state index is 0.827. The average molecular weight is 234 g/mol. The van der Waals surface area contributed by atoms with Gasteiger partial charge in [-0.25, -0.2) is 0 Å². The van der Waals surface area contributed by atoms with Gasteiger partial charge in [0.25, 0.3) is 0 Å². The van der Waals surface area contributed by atoms with Crippen molar-refractivity contribution in [3.63, 3.8) is 0 Å². The molecule has 0 atom stereocenters. The zero-order valence-electron chi connectivity index (χ0n) is 10.7.